The minimum atomic E-state index is -0.216. The Morgan fingerprint density at radius 3 is 2.90 bits per heavy atom. The van der Waals surface area contributed by atoms with Crippen LogP contribution in [0.2, 0.25) is 0 Å². The molecule has 3 rings (SSSR count). The SMILES string of the molecule is NNC(Cc1cc(F)ccc1Br)C1Cc2ccccc2S1. The summed E-state index contributed by atoms with van der Waals surface area (Å²) in [6.45, 7) is 0. The number of thioether (sulfide) groups is 1. The third kappa shape index (κ3) is 3.31. The van der Waals surface area contributed by atoms with Crippen LogP contribution in [0.4, 0.5) is 4.39 Å². The lowest BCUT2D eigenvalue weighted by Crippen LogP contribution is -2.44. The van der Waals surface area contributed by atoms with Gasteiger partial charge in [0.1, 0.15) is 5.82 Å². The van der Waals surface area contributed by atoms with Crippen molar-refractivity contribution >= 4 is 27.7 Å². The average molecular weight is 367 g/mol. The van der Waals surface area contributed by atoms with Gasteiger partial charge in [-0.1, -0.05) is 34.1 Å². The lowest BCUT2D eigenvalue weighted by atomic mass is 9.99. The van der Waals surface area contributed by atoms with Crippen LogP contribution in [0.15, 0.2) is 51.8 Å². The molecule has 0 spiro atoms. The fourth-order valence-electron chi connectivity index (χ4n) is 2.67. The van der Waals surface area contributed by atoms with Crippen molar-refractivity contribution in [3.8, 4) is 0 Å². The first kappa shape index (κ1) is 15.0. The molecular weight excluding hydrogens is 351 g/mol. The largest absolute Gasteiger partial charge is 0.271 e. The summed E-state index contributed by atoms with van der Waals surface area (Å²) in [5.74, 6) is 5.53. The summed E-state index contributed by atoms with van der Waals surface area (Å²) in [5.41, 5.74) is 5.22. The number of fused-ring (bicyclic) bond motifs is 1. The lowest BCUT2D eigenvalue weighted by molar-refractivity contribution is 0.504. The highest BCUT2D eigenvalue weighted by Gasteiger charge is 2.29. The van der Waals surface area contributed by atoms with Gasteiger partial charge in [0.05, 0.1) is 0 Å². The number of benzene rings is 2. The summed E-state index contributed by atoms with van der Waals surface area (Å²) in [4.78, 5) is 1.32. The van der Waals surface area contributed by atoms with Gasteiger partial charge in [0, 0.05) is 20.7 Å². The van der Waals surface area contributed by atoms with Crippen molar-refractivity contribution in [2.45, 2.75) is 29.0 Å². The summed E-state index contributed by atoms with van der Waals surface area (Å²) in [5, 5.41) is 0.363. The molecule has 0 amide bonds. The van der Waals surface area contributed by atoms with Crippen molar-refractivity contribution in [2.24, 2.45) is 5.84 Å². The van der Waals surface area contributed by atoms with E-state index in [-0.39, 0.29) is 11.9 Å². The molecule has 110 valence electrons. The third-order valence-corrected chi connectivity index (χ3v) is 6.01. The van der Waals surface area contributed by atoms with Gasteiger partial charge in [-0.2, -0.15) is 0 Å². The zero-order valence-corrected chi connectivity index (χ0v) is 13.8. The normalized spacial score (nSPS) is 18.5. The second-order valence-electron chi connectivity index (χ2n) is 5.18. The van der Waals surface area contributed by atoms with E-state index in [1.54, 1.807) is 12.1 Å². The molecule has 0 fully saturated rings. The van der Waals surface area contributed by atoms with E-state index in [0.29, 0.717) is 11.7 Å². The van der Waals surface area contributed by atoms with Crippen molar-refractivity contribution in [3.63, 3.8) is 0 Å². The molecule has 2 unspecified atom stereocenters. The molecular formula is C16H16BrFN2S. The zero-order valence-electron chi connectivity index (χ0n) is 11.4. The standard InChI is InChI=1S/C16H16BrFN2S/c17-13-6-5-12(18)7-11(13)8-14(20-19)16-9-10-3-1-2-4-15(10)21-16/h1-7,14,16,20H,8-9,19H2. The van der Waals surface area contributed by atoms with Crippen LogP contribution < -0.4 is 11.3 Å². The van der Waals surface area contributed by atoms with E-state index in [0.717, 1.165) is 16.5 Å². The molecule has 21 heavy (non-hydrogen) atoms. The fourth-order valence-corrected chi connectivity index (χ4v) is 4.46. The predicted molar refractivity (Wildman–Crippen MR) is 88.7 cm³/mol. The van der Waals surface area contributed by atoms with Crippen LogP contribution in [-0.2, 0) is 12.8 Å². The summed E-state index contributed by atoms with van der Waals surface area (Å²) in [6, 6.07) is 13.3. The number of rotatable bonds is 4. The zero-order chi connectivity index (χ0) is 14.8. The Kier molecular flexibility index (Phi) is 4.64. The first-order chi connectivity index (χ1) is 10.2. The fraction of sp³-hybridized carbons (Fsp3) is 0.250. The summed E-state index contributed by atoms with van der Waals surface area (Å²) >= 11 is 5.33. The number of hydrogen-bond donors (Lipinski definition) is 2. The summed E-state index contributed by atoms with van der Waals surface area (Å²) < 4.78 is 14.3. The Hall–Kier alpha value is -0.880. The molecule has 3 N–H and O–H groups in total. The van der Waals surface area contributed by atoms with E-state index < -0.39 is 0 Å². The molecule has 1 aliphatic heterocycles. The number of hydrazine groups is 1. The number of nitrogens with two attached hydrogens (primary N) is 1. The van der Waals surface area contributed by atoms with Gasteiger partial charge < -0.3 is 0 Å². The highest BCUT2D eigenvalue weighted by atomic mass is 79.9. The van der Waals surface area contributed by atoms with Crippen molar-refractivity contribution in [1.29, 1.82) is 0 Å². The third-order valence-electron chi connectivity index (χ3n) is 3.78. The average Bonchev–Trinajstić information content (AvgIpc) is 2.91. The van der Waals surface area contributed by atoms with E-state index in [1.165, 1.54) is 16.5 Å². The van der Waals surface area contributed by atoms with Crippen LogP contribution in [0.5, 0.6) is 0 Å². The molecule has 1 aliphatic rings. The van der Waals surface area contributed by atoms with Crippen molar-refractivity contribution in [2.75, 3.05) is 0 Å². The second-order valence-corrected chi connectivity index (χ2v) is 7.32. The minimum absolute atomic E-state index is 0.0977. The van der Waals surface area contributed by atoms with E-state index >= 15 is 0 Å². The molecule has 0 saturated carbocycles. The Bertz CT molecular complexity index is 625. The molecule has 5 heteroatoms. The molecule has 2 nitrogen and oxygen atoms in total. The van der Waals surface area contributed by atoms with Crippen molar-refractivity contribution in [3.05, 3.63) is 63.9 Å². The molecule has 2 atom stereocenters. The minimum Gasteiger partial charge on any atom is -0.271 e. The summed E-state index contributed by atoms with van der Waals surface area (Å²) in [6.07, 6.45) is 1.68. The molecule has 0 aromatic heterocycles. The Morgan fingerprint density at radius 2 is 2.14 bits per heavy atom. The maximum absolute atomic E-state index is 13.4. The Morgan fingerprint density at radius 1 is 1.33 bits per heavy atom. The number of halogens is 2. The molecule has 1 heterocycles. The maximum atomic E-state index is 13.4. The molecule has 0 aliphatic carbocycles. The second kappa shape index (κ2) is 6.48. The Balaban J connectivity index is 1.76. The lowest BCUT2D eigenvalue weighted by Gasteiger charge is -2.22. The van der Waals surface area contributed by atoms with Crippen LogP contribution in [0, 0.1) is 5.82 Å². The van der Waals surface area contributed by atoms with Crippen LogP contribution in [-0.4, -0.2) is 11.3 Å². The first-order valence-electron chi connectivity index (χ1n) is 6.82. The van der Waals surface area contributed by atoms with Crippen LogP contribution in [0.25, 0.3) is 0 Å². The van der Waals surface area contributed by atoms with E-state index in [4.69, 9.17) is 5.84 Å². The van der Waals surface area contributed by atoms with Gasteiger partial charge in [-0.15, -0.1) is 11.8 Å². The topological polar surface area (TPSA) is 38.0 Å². The van der Waals surface area contributed by atoms with E-state index in [9.17, 15) is 4.39 Å². The van der Waals surface area contributed by atoms with Crippen molar-refractivity contribution in [1.82, 2.24) is 5.43 Å². The molecule has 0 bridgehead atoms. The van der Waals surface area contributed by atoms with Gasteiger partial charge in [-0.05, 0) is 48.2 Å². The Labute approximate surface area is 136 Å². The van der Waals surface area contributed by atoms with Gasteiger partial charge in [-0.25, -0.2) is 4.39 Å². The number of hydrogen-bond acceptors (Lipinski definition) is 3. The smallest absolute Gasteiger partial charge is 0.123 e. The van der Waals surface area contributed by atoms with Crippen molar-refractivity contribution < 1.29 is 4.39 Å². The molecule has 0 radical (unpaired) electrons. The maximum Gasteiger partial charge on any atom is 0.123 e. The van der Waals surface area contributed by atoms with E-state index in [1.807, 2.05) is 11.8 Å². The van der Waals surface area contributed by atoms with Gasteiger partial charge in [0.15, 0.2) is 0 Å². The van der Waals surface area contributed by atoms with Gasteiger partial charge in [-0.3, -0.25) is 11.3 Å². The van der Waals surface area contributed by atoms with Crippen LogP contribution >= 0.6 is 27.7 Å². The van der Waals surface area contributed by atoms with Gasteiger partial charge >= 0.3 is 0 Å². The highest BCUT2D eigenvalue weighted by Crippen LogP contribution is 2.39. The quantitative estimate of drug-likeness (QED) is 0.640. The monoisotopic (exact) mass is 366 g/mol. The van der Waals surface area contributed by atoms with Gasteiger partial charge in [0.2, 0.25) is 0 Å². The molecule has 2 aromatic rings. The summed E-state index contributed by atoms with van der Waals surface area (Å²) in [7, 11) is 0. The van der Waals surface area contributed by atoms with Gasteiger partial charge in [0.25, 0.3) is 0 Å². The van der Waals surface area contributed by atoms with Crippen LogP contribution in [0.3, 0.4) is 0 Å². The molecule has 0 saturated heterocycles. The van der Waals surface area contributed by atoms with E-state index in [2.05, 4.69) is 45.6 Å². The first-order valence-corrected chi connectivity index (χ1v) is 8.49. The molecule has 2 aromatic carbocycles. The van der Waals surface area contributed by atoms with Crippen LogP contribution in [0.1, 0.15) is 11.1 Å². The highest BCUT2D eigenvalue weighted by molar-refractivity contribution is 9.10. The predicted octanol–water partition coefficient (Wildman–Crippen LogP) is 3.68. The number of nitrogens with one attached hydrogen (secondary N) is 1.